The first-order valence-corrected chi connectivity index (χ1v) is 12.3. The number of hydrogen-bond acceptors (Lipinski definition) is 4. The van der Waals surface area contributed by atoms with Gasteiger partial charge in [-0.2, -0.15) is 0 Å². The summed E-state index contributed by atoms with van der Waals surface area (Å²) in [4.78, 5) is 0.869. The Bertz CT molecular complexity index is 964. The highest BCUT2D eigenvalue weighted by Gasteiger charge is 2.24. The Hall–Kier alpha value is -1.74. The van der Waals surface area contributed by atoms with Crippen molar-refractivity contribution in [1.29, 1.82) is 0 Å². The summed E-state index contributed by atoms with van der Waals surface area (Å²) < 4.78 is 52.1. The van der Waals surface area contributed by atoms with Gasteiger partial charge in [0.25, 0.3) is 0 Å². The summed E-state index contributed by atoms with van der Waals surface area (Å²) in [6, 6.07) is 14.4. The van der Waals surface area contributed by atoms with Gasteiger partial charge >= 0.3 is 0 Å². The minimum Gasteiger partial charge on any atom is -0.211 e. The third-order valence-corrected chi connectivity index (χ3v) is 7.95. The van der Waals surface area contributed by atoms with E-state index < -0.39 is 20.0 Å². The van der Waals surface area contributed by atoms with Gasteiger partial charge in [-0.1, -0.05) is 50.2 Å². The Labute approximate surface area is 167 Å². The van der Waals surface area contributed by atoms with Crippen LogP contribution < -0.4 is 9.44 Å². The average Bonchev–Trinajstić information content (AvgIpc) is 2.85. The molecule has 0 amide bonds. The number of benzene rings is 2. The lowest BCUT2D eigenvalue weighted by atomic mass is 10.0. The van der Waals surface area contributed by atoms with Crippen LogP contribution in [0.3, 0.4) is 0 Å². The van der Waals surface area contributed by atoms with Gasteiger partial charge in [-0.3, -0.25) is 0 Å². The van der Waals surface area contributed by atoms with Crippen molar-refractivity contribution in [1.82, 2.24) is 9.44 Å². The molecule has 2 N–H and O–H groups in total. The van der Waals surface area contributed by atoms with Gasteiger partial charge in [-0.05, 0) is 47.9 Å². The second-order valence-electron chi connectivity index (χ2n) is 7.54. The van der Waals surface area contributed by atoms with Crippen LogP contribution >= 0.6 is 0 Å². The first kappa shape index (κ1) is 21.0. The van der Waals surface area contributed by atoms with Crippen LogP contribution in [0.25, 0.3) is 0 Å². The van der Waals surface area contributed by atoms with Crippen LogP contribution in [0.5, 0.6) is 0 Å². The van der Waals surface area contributed by atoms with Gasteiger partial charge in [0.05, 0.1) is 9.79 Å². The number of fused-ring (bicyclic) bond motifs is 2. The highest BCUT2D eigenvalue weighted by molar-refractivity contribution is 7.89. The predicted molar refractivity (Wildman–Crippen MR) is 109 cm³/mol. The monoisotopic (exact) mass is 422 g/mol. The summed E-state index contributed by atoms with van der Waals surface area (Å²) in [5.74, 6) is 0.710. The predicted octanol–water partition coefficient (Wildman–Crippen LogP) is 2.31. The quantitative estimate of drug-likeness (QED) is 0.681. The third-order valence-electron chi connectivity index (χ3n) is 4.90. The summed E-state index contributed by atoms with van der Waals surface area (Å²) in [6.45, 7) is 5.14. The molecule has 0 aromatic heterocycles. The summed E-state index contributed by atoms with van der Waals surface area (Å²) in [6.07, 6.45) is 1.64. The van der Waals surface area contributed by atoms with Crippen molar-refractivity contribution in [2.45, 2.75) is 36.5 Å². The zero-order valence-electron chi connectivity index (χ0n) is 16.1. The van der Waals surface area contributed by atoms with E-state index in [1.807, 2.05) is 38.1 Å². The lowest BCUT2D eigenvalue weighted by Crippen LogP contribution is -2.26. The smallest absolute Gasteiger partial charge is 0.211 e. The minimum atomic E-state index is -3.26. The molecule has 2 aromatic carbocycles. The molecule has 0 spiro atoms. The van der Waals surface area contributed by atoms with Crippen LogP contribution in [-0.4, -0.2) is 29.9 Å². The Balaban J connectivity index is 0.000000161. The molecule has 2 aromatic rings. The van der Waals surface area contributed by atoms with E-state index in [2.05, 4.69) is 9.44 Å². The Morgan fingerprint density at radius 3 is 1.43 bits per heavy atom. The Morgan fingerprint density at radius 2 is 1.04 bits per heavy atom. The van der Waals surface area contributed by atoms with Crippen molar-refractivity contribution in [3.05, 3.63) is 59.7 Å². The fourth-order valence-corrected chi connectivity index (χ4v) is 6.25. The van der Waals surface area contributed by atoms with Crippen LogP contribution in [0, 0.1) is 11.8 Å². The average molecular weight is 423 g/mol. The fourth-order valence-electron chi connectivity index (χ4n) is 3.42. The Morgan fingerprint density at radius 1 is 0.679 bits per heavy atom. The molecule has 6 nitrogen and oxygen atoms in total. The van der Waals surface area contributed by atoms with Crippen LogP contribution in [0.4, 0.5) is 0 Å². The molecule has 2 aliphatic rings. The van der Waals surface area contributed by atoms with E-state index in [1.165, 1.54) is 0 Å². The Kier molecular flexibility index (Phi) is 6.24. The number of rotatable bonds is 0. The zero-order chi connectivity index (χ0) is 20.4. The van der Waals surface area contributed by atoms with Crippen LogP contribution in [0.1, 0.15) is 25.0 Å². The van der Waals surface area contributed by atoms with Crippen LogP contribution in [0.2, 0.25) is 0 Å². The maximum atomic E-state index is 11.7. The first-order chi connectivity index (χ1) is 13.2. The van der Waals surface area contributed by atoms with E-state index in [4.69, 9.17) is 0 Å². The van der Waals surface area contributed by atoms with Crippen molar-refractivity contribution in [3.63, 3.8) is 0 Å². The molecule has 4 rings (SSSR count). The van der Waals surface area contributed by atoms with Gasteiger partial charge in [-0.25, -0.2) is 26.3 Å². The summed E-state index contributed by atoms with van der Waals surface area (Å²) >= 11 is 0. The molecule has 8 heteroatoms. The van der Waals surface area contributed by atoms with Gasteiger partial charge in [0, 0.05) is 13.1 Å². The van der Waals surface area contributed by atoms with Crippen LogP contribution in [0.15, 0.2) is 58.3 Å². The summed E-state index contributed by atoms with van der Waals surface area (Å²) in [5, 5.41) is 0. The van der Waals surface area contributed by atoms with Crippen molar-refractivity contribution in [3.8, 4) is 0 Å². The normalized spacial score (nSPS) is 25.1. The van der Waals surface area contributed by atoms with Gasteiger partial charge in [0.1, 0.15) is 0 Å². The largest absolute Gasteiger partial charge is 0.240 e. The van der Waals surface area contributed by atoms with E-state index >= 15 is 0 Å². The van der Waals surface area contributed by atoms with E-state index in [-0.39, 0.29) is 0 Å². The van der Waals surface area contributed by atoms with E-state index in [1.54, 1.807) is 24.3 Å². The topological polar surface area (TPSA) is 92.3 Å². The van der Waals surface area contributed by atoms with Crippen LogP contribution in [-0.2, 0) is 32.9 Å². The molecule has 2 heterocycles. The van der Waals surface area contributed by atoms with Crippen molar-refractivity contribution < 1.29 is 16.8 Å². The highest BCUT2D eigenvalue weighted by atomic mass is 32.2. The zero-order valence-corrected chi connectivity index (χ0v) is 17.7. The summed E-state index contributed by atoms with van der Waals surface area (Å²) in [5.41, 5.74) is 1.84. The number of hydrogen-bond donors (Lipinski definition) is 2. The molecule has 0 radical (unpaired) electrons. The van der Waals surface area contributed by atoms with E-state index in [0.717, 1.165) is 24.0 Å². The molecule has 0 fully saturated rings. The number of nitrogens with one attached hydrogen (secondary N) is 2. The molecular formula is C20H26N2O4S2. The molecule has 152 valence electrons. The fraction of sp³-hybridized carbons (Fsp3) is 0.400. The summed E-state index contributed by atoms with van der Waals surface area (Å²) in [7, 11) is -6.52. The van der Waals surface area contributed by atoms with Crippen molar-refractivity contribution in [2.75, 3.05) is 13.1 Å². The van der Waals surface area contributed by atoms with Gasteiger partial charge in [-0.15, -0.1) is 0 Å². The molecule has 0 aliphatic carbocycles. The van der Waals surface area contributed by atoms with E-state index in [9.17, 15) is 16.8 Å². The first-order valence-electron chi connectivity index (χ1n) is 9.34. The number of sulfonamides is 2. The third kappa shape index (κ3) is 4.81. The SMILES string of the molecule is C[C@@H]1CNS(=O)(=O)c2ccccc2C1.C[C@H]1CNS(=O)(=O)c2ccccc2C1. The molecule has 2 atom stereocenters. The molecule has 28 heavy (non-hydrogen) atoms. The maximum absolute atomic E-state index is 11.7. The molecule has 0 saturated carbocycles. The molecule has 0 saturated heterocycles. The van der Waals surface area contributed by atoms with Crippen molar-refractivity contribution >= 4 is 20.0 Å². The minimum absolute atomic E-state index is 0.355. The highest BCUT2D eigenvalue weighted by Crippen LogP contribution is 2.22. The van der Waals surface area contributed by atoms with Gasteiger partial charge in [0.2, 0.25) is 20.0 Å². The van der Waals surface area contributed by atoms with Gasteiger partial charge in [0.15, 0.2) is 0 Å². The molecule has 0 unspecified atom stereocenters. The molecule has 0 bridgehead atoms. The van der Waals surface area contributed by atoms with Crippen molar-refractivity contribution in [2.24, 2.45) is 11.8 Å². The lowest BCUT2D eigenvalue weighted by molar-refractivity contribution is 0.551. The molecular weight excluding hydrogens is 396 g/mol. The standard InChI is InChI=1S/2C10H13NO2S/c2*1-8-6-9-4-2-3-5-10(9)14(12,13)11-7-8/h2*2-5,8,11H,6-7H2,1H3/t2*8-/m10/s1. The second kappa shape index (κ2) is 8.32. The molecule has 2 aliphatic heterocycles. The van der Waals surface area contributed by atoms with Gasteiger partial charge < -0.3 is 0 Å². The second-order valence-corrected chi connectivity index (χ2v) is 11.0. The maximum Gasteiger partial charge on any atom is 0.240 e. The van der Waals surface area contributed by atoms with E-state index in [0.29, 0.717) is 34.7 Å². The lowest BCUT2D eigenvalue weighted by Gasteiger charge is -2.05.